The molecule has 1 atom stereocenters. The summed E-state index contributed by atoms with van der Waals surface area (Å²) in [5, 5.41) is 27.3. The maximum absolute atomic E-state index is 13.0. The van der Waals surface area contributed by atoms with Gasteiger partial charge in [0, 0.05) is 12.0 Å². The maximum Gasteiger partial charge on any atom is 0.363 e. The zero-order valence-electron chi connectivity index (χ0n) is 21.2. The van der Waals surface area contributed by atoms with Crippen molar-refractivity contribution in [2.24, 2.45) is 10.7 Å². The number of cyclic esters (lactones) is 1. The molecule has 0 spiro atoms. The Hall–Kier alpha value is -4.50. The van der Waals surface area contributed by atoms with E-state index in [1.807, 2.05) is 36.4 Å². The summed E-state index contributed by atoms with van der Waals surface area (Å²) in [6.07, 6.45) is 1.52. The molecule has 1 aliphatic rings. The van der Waals surface area contributed by atoms with Crippen molar-refractivity contribution in [3.05, 3.63) is 100 Å². The largest absolute Gasteiger partial charge is 0.508 e. The first-order chi connectivity index (χ1) is 17.8. The number of esters is 1. The normalized spacial score (nSPS) is 14.8. The molecule has 0 aliphatic carbocycles. The fraction of sp³-hybridized carbons (Fsp3) is 0.207. The molecule has 1 unspecified atom stereocenters. The number of benzene rings is 3. The molecule has 0 saturated heterocycles. The lowest BCUT2D eigenvalue weighted by atomic mass is 9.83. The Bertz CT molecular complexity index is 1390. The molecule has 5 N–H and O–H groups in total. The highest BCUT2D eigenvalue weighted by Crippen LogP contribution is 2.31. The van der Waals surface area contributed by atoms with Crippen LogP contribution in [0.1, 0.15) is 43.0 Å². The molecule has 0 radical (unpaired) electrons. The smallest absolute Gasteiger partial charge is 0.363 e. The summed E-state index contributed by atoms with van der Waals surface area (Å²) in [6, 6.07) is 16.7. The molecule has 1 heterocycles. The fourth-order valence-corrected chi connectivity index (χ4v) is 3.66. The van der Waals surface area contributed by atoms with Crippen LogP contribution < -0.4 is 5.73 Å². The number of phenolic OH excluding ortho intramolecular Hbond substituents is 2. The number of nitrogens with two attached hydrogens (primary N) is 1. The minimum Gasteiger partial charge on any atom is -0.508 e. The van der Waals surface area contributed by atoms with Gasteiger partial charge in [-0.15, -0.1) is 0 Å². The second-order valence-corrected chi connectivity index (χ2v) is 9.65. The maximum atomic E-state index is 13.0. The van der Waals surface area contributed by atoms with Crippen LogP contribution in [0, 0.1) is 5.82 Å². The quantitative estimate of drug-likeness (QED) is 0.286. The van der Waals surface area contributed by atoms with Gasteiger partial charge in [0.15, 0.2) is 5.70 Å². The van der Waals surface area contributed by atoms with E-state index in [0.717, 1.165) is 28.8 Å². The van der Waals surface area contributed by atoms with Gasteiger partial charge in [0.2, 0.25) is 5.90 Å². The molecule has 0 saturated carbocycles. The average molecular weight is 521 g/mol. The van der Waals surface area contributed by atoms with Gasteiger partial charge >= 0.3 is 11.9 Å². The van der Waals surface area contributed by atoms with Crippen molar-refractivity contribution >= 4 is 23.9 Å². The number of hydrogen-bond acceptors (Lipinski definition) is 7. The van der Waals surface area contributed by atoms with Crippen molar-refractivity contribution in [2.45, 2.75) is 38.6 Å². The SMILES string of the molecule is CC(C)(C)c1ccc(O)cc1/C=C1\N=C(c2ccccc2)OC1=O.NC(Cc1cc(O)ccc1F)C(=O)O. The lowest BCUT2D eigenvalue weighted by molar-refractivity contribution is -0.138. The number of phenols is 2. The minimum absolute atomic E-state index is 0.0971. The predicted octanol–water partition coefficient (Wildman–Crippen LogP) is 4.52. The highest BCUT2D eigenvalue weighted by Gasteiger charge is 2.25. The number of aliphatic imine (C=N–C) groups is 1. The first kappa shape index (κ1) is 28.1. The Morgan fingerprint density at radius 2 is 1.68 bits per heavy atom. The van der Waals surface area contributed by atoms with Crippen LogP contribution in [0.15, 0.2) is 77.4 Å². The Morgan fingerprint density at radius 3 is 2.32 bits per heavy atom. The van der Waals surface area contributed by atoms with Crippen molar-refractivity contribution in [3.8, 4) is 11.5 Å². The standard InChI is InChI=1S/C20H19NO3.C9H10FNO3/c1-20(2,3)16-10-9-15(22)11-14(16)12-17-19(23)24-18(21-17)13-7-5-4-6-8-13;10-7-2-1-6(12)3-5(7)4-8(11)9(13)14/h4-12,22H,1-3H3;1-3,8,12H,4,11H2,(H,13,14)/b17-12-;. The highest BCUT2D eigenvalue weighted by atomic mass is 19.1. The summed E-state index contributed by atoms with van der Waals surface area (Å²) in [5.41, 5.74) is 7.94. The third-order valence-electron chi connectivity index (χ3n) is 5.56. The number of carbonyl (C=O) groups is 2. The van der Waals surface area contributed by atoms with Crippen molar-refractivity contribution in [2.75, 3.05) is 0 Å². The summed E-state index contributed by atoms with van der Waals surface area (Å²) < 4.78 is 18.3. The van der Waals surface area contributed by atoms with Crippen molar-refractivity contribution < 1.29 is 34.0 Å². The predicted molar refractivity (Wildman–Crippen MR) is 141 cm³/mol. The Labute approximate surface area is 219 Å². The molecule has 0 amide bonds. The van der Waals surface area contributed by atoms with E-state index in [1.165, 1.54) is 6.07 Å². The highest BCUT2D eigenvalue weighted by molar-refractivity contribution is 6.12. The number of aromatic hydroxyl groups is 2. The number of rotatable bonds is 5. The minimum atomic E-state index is -1.20. The first-order valence-electron chi connectivity index (χ1n) is 11.7. The molecule has 0 bridgehead atoms. The van der Waals surface area contributed by atoms with Gasteiger partial charge in [-0.1, -0.05) is 45.0 Å². The summed E-state index contributed by atoms with van der Waals surface area (Å²) in [6.45, 7) is 6.23. The molecule has 38 heavy (non-hydrogen) atoms. The summed E-state index contributed by atoms with van der Waals surface area (Å²) in [4.78, 5) is 26.8. The van der Waals surface area contributed by atoms with Crippen LogP contribution in [0.2, 0.25) is 0 Å². The van der Waals surface area contributed by atoms with Crippen molar-refractivity contribution in [1.29, 1.82) is 0 Å². The van der Waals surface area contributed by atoms with Crippen LogP contribution in [-0.4, -0.2) is 39.2 Å². The molecule has 3 aromatic carbocycles. The molecule has 0 fully saturated rings. The first-order valence-corrected chi connectivity index (χ1v) is 11.7. The Morgan fingerprint density at radius 1 is 1.05 bits per heavy atom. The Kier molecular flexibility index (Phi) is 8.64. The van der Waals surface area contributed by atoms with Crippen LogP contribution in [0.3, 0.4) is 0 Å². The van der Waals surface area contributed by atoms with E-state index in [9.17, 15) is 19.1 Å². The zero-order chi connectivity index (χ0) is 28.0. The second-order valence-electron chi connectivity index (χ2n) is 9.65. The van der Waals surface area contributed by atoms with E-state index >= 15 is 0 Å². The van der Waals surface area contributed by atoms with Gasteiger partial charge in [-0.05, 0) is 70.6 Å². The number of halogens is 1. The van der Waals surface area contributed by atoms with Gasteiger partial charge in [0.05, 0.1) is 0 Å². The van der Waals surface area contributed by atoms with Crippen LogP contribution in [0.4, 0.5) is 4.39 Å². The van der Waals surface area contributed by atoms with Crippen LogP contribution >= 0.6 is 0 Å². The van der Waals surface area contributed by atoms with E-state index < -0.39 is 23.8 Å². The van der Waals surface area contributed by atoms with Gasteiger partial charge in [0.25, 0.3) is 0 Å². The van der Waals surface area contributed by atoms with Crippen LogP contribution in [0.5, 0.6) is 11.5 Å². The number of ether oxygens (including phenoxy) is 1. The van der Waals surface area contributed by atoms with Crippen LogP contribution in [0.25, 0.3) is 6.08 Å². The molecule has 3 aromatic rings. The number of carboxylic acids is 1. The van der Waals surface area contributed by atoms with Crippen molar-refractivity contribution in [1.82, 2.24) is 0 Å². The molecule has 8 nitrogen and oxygen atoms in total. The molecule has 1 aliphatic heterocycles. The third kappa shape index (κ3) is 7.27. The van der Waals surface area contributed by atoms with Gasteiger partial charge in [0.1, 0.15) is 23.4 Å². The lowest BCUT2D eigenvalue weighted by Crippen LogP contribution is -2.32. The zero-order valence-corrected chi connectivity index (χ0v) is 21.2. The number of carbonyl (C=O) groups excluding carboxylic acids is 1. The molecule has 4 rings (SSSR count). The molecule has 0 aromatic heterocycles. The fourth-order valence-electron chi connectivity index (χ4n) is 3.66. The van der Waals surface area contributed by atoms with Gasteiger partial charge in [-0.25, -0.2) is 14.2 Å². The number of aliphatic carboxylic acids is 1. The lowest BCUT2D eigenvalue weighted by Gasteiger charge is -2.21. The number of nitrogens with zero attached hydrogens (tertiary/aromatic N) is 1. The molecule has 198 valence electrons. The van der Waals surface area contributed by atoms with Gasteiger partial charge < -0.3 is 25.8 Å². The summed E-state index contributed by atoms with van der Waals surface area (Å²) in [5.74, 6) is -1.93. The third-order valence-corrected chi connectivity index (χ3v) is 5.56. The molecule has 9 heteroatoms. The molecular weight excluding hydrogens is 491 g/mol. The van der Waals surface area contributed by atoms with Gasteiger partial charge in [-0.3, -0.25) is 4.79 Å². The van der Waals surface area contributed by atoms with E-state index in [1.54, 1.807) is 18.2 Å². The average Bonchev–Trinajstić information content (AvgIpc) is 3.21. The topological polar surface area (TPSA) is 142 Å². The molecular formula is C29H29FN2O6. The number of hydrogen-bond donors (Lipinski definition) is 4. The second kappa shape index (κ2) is 11.7. The summed E-state index contributed by atoms with van der Waals surface area (Å²) in [7, 11) is 0. The number of carboxylic acid groups (broad SMARTS) is 1. The van der Waals surface area contributed by atoms with Gasteiger partial charge in [-0.2, -0.15) is 0 Å². The van der Waals surface area contributed by atoms with Crippen molar-refractivity contribution in [3.63, 3.8) is 0 Å². The Balaban J connectivity index is 0.000000244. The van der Waals surface area contributed by atoms with E-state index in [2.05, 4.69) is 25.8 Å². The van der Waals surface area contributed by atoms with Crippen LogP contribution in [-0.2, 0) is 26.2 Å². The van der Waals surface area contributed by atoms with E-state index in [4.69, 9.17) is 20.7 Å². The monoisotopic (exact) mass is 520 g/mol. The van der Waals surface area contributed by atoms with E-state index in [0.29, 0.717) is 5.90 Å². The van der Waals surface area contributed by atoms with E-state index in [-0.39, 0.29) is 34.6 Å². The summed E-state index contributed by atoms with van der Waals surface area (Å²) >= 11 is 0.